The van der Waals surface area contributed by atoms with Gasteiger partial charge in [0.05, 0.1) is 12.4 Å². The minimum atomic E-state index is -0.00148. The highest BCUT2D eigenvalue weighted by atomic mass is 16.5. The topological polar surface area (TPSA) is 79.1 Å². The van der Waals surface area contributed by atoms with Crippen LogP contribution in [-0.4, -0.2) is 62.7 Å². The molecule has 1 saturated heterocycles. The highest BCUT2D eigenvalue weighted by Crippen LogP contribution is 2.60. The van der Waals surface area contributed by atoms with Crippen LogP contribution in [0.15, 0.2) is 27.8 Å². The van der Waals surface area contributed by atoms with E-state index in [1.807, 2.05) is 12.1 Å². The number of amides is 1. The van der Waals surface area contributed by atoms with E-state index in [2.05, 4.69) is 15.6 Å². The molecule has 7 heteroatoms. The minimum Gasteiger partial charge on any atom is -0.469 e. The molecule has 1 aliphatic heterocycles. The van der Waals surface area contributed by atoms with Gasteiger partial charge in [-0.2, -0.15) is 0 Å². The van der Waals surface area contributed by atoms with Crippen molar-refractivity contribution in [2.75, 3.05) is 33.8 Å². The Balaban J connectivity index is 1.43. The second-order valence-corrected chi connectivity index (χ2v) is 8.52. The van der Waals surface area contributed by atoms with Crippen molar-refractivity contribution >= 4 is 11.9 Å². The number of carbonyl (C=O) groups excluding carboxylic acids is 1. The average molecular weight is 389 g/mol. The highest BCUT2D eigenvalue weighted by molar-refractivity contribution is 5.85. The summed E-state index contributed by atoms with van der Waals surface area (Å²) in [4.78, 5) is 18.2. The van der Waals surface area contributed by atoms with Crippen LogP contribution in [0.2, 0.25) is 0 Å². The molecule has 2 aliphatic carbocycles. The lowest BCUT2D eigenvalue weighted by molar-refractivity contribution is -0.127. The summed E-state index contributed by atoms with van der Waals surface area (Å²) >= 11 is 0. The number of furan rings is 1. The van der Waals surface area contributed by atoms with Crippen molar-refractivity contribution in [3.63, 3.8) is 0 Å². The number of hydrogen-bond acceptors (Lipinski definition) is 4. The molecule has 2 saturated carbocycles. The maximum atomic E-state index is 12.0. The number of rotatable bonds is 6. The predicted molar refractivity (Wildman–Crippen MR) is 107 cm³/mol. The van der Waals surface area contributed by atoms with Gasteiger partial charge in [0.15, 0.2) is 5.96 Å². The smallest absolute Gasteiger partial charge is 0.243 e. The van der Waals surface area contributed by atoms with E-state index in [0.29, 0.717) is 24.6 Å². The summed E-state index contributed by atoms with van der Waals surface area (Å²) in [5, 5.41) is 7.09. The van der Waals surface area contributed by atoms with Gasteiger partial charge in [0.25, 0.3) is 0 Å². The SMILES string of the molecule is CN(C)C(=O)CN=C(NCCc1ccco1)NC1C2CCOC2C12CCCC2. The molecule has 3 unspecified atom stereocenters. The molecule has 1 aromatic rings. The molecule has 1 amide bonds. The number of carbonyl (C=O) groups is 1. The highest BCUT2D eigenvalue weighted by Gasteiger charge is 2.65. The second kappa shape index (κ2) is 8.15. The summed E-state index contributed by atoms with van der Waals surface area (Å²) in [5.41, 5.74) is 0.246. The van der Waals surface area contributed by atoms with Gasteiger partial charge >= 0.3 is 0 Å². The van der Waals surface area contributed by atoms with Crippen LogP contribution in [0.3, 0.4) is 0 Å². The molecule has 0 radical (unpaired) electrons. The van der Waals surface area contributed by atoms with Crippen molar-refractivity contribution in [2.24, 2.45) is 16.3 Å². The minimum absolute atomic E-state index is 0.00148. The molecule has 1 spiro atoms. The van der Waals surface area contributed by atoms with Crippen LogP contribution >= 0.6 is 0 Å². The van der Waals surface area contributed by atoms with E-state index in [4.69, 9.17) is 9.15 Å². The Bertz CT molecular complexity index is 695. The van der Waals surface area contributed by atoms with Crippen molar-refractivity contribution in [3.8, 4) is 0 Å². The van der Waals surface area contributed by atoms with E-state index < -0.39 is 0 Å². The zero-order chi connectivity index (χ0) is 19.6. The number of guanidine groups is 1. The largest absolute Gasteiger partial charge is 0.469 e. The Kier molecular flexibility index (Phi) is 5.62. The van der Waals surface area contributed by atoms with Gasteiger partial charge in [0.1, 0.15) is 12.3 Å². The molecule has 0 aromatic carbocycles. The Morgan fingerprint density at radius 3 is 2.89 bits per heavy atom. The van der Waals surface area contributed by atoms with E-state index in [1.54, 1.807) is 25.3 Å². The third kappa shape index (κ3) is 3.64. The molecule has 3 fully saturated rings. The Morgan fingerprint density at radius 2 is 2.18 bits per heavy atom. The number of hydrogen-bond donors (Lipinski definition) is 2. The maximum Gasteiger partial charge on any atom is 0.243 e. The molecule has 2 N–H and O–H groups in total. The van der Waals surface area contributed by atoms with Crippen LogP contribution in [0.5, 0.6) is 0 Å². The number of ether oxygens (including phenoxy) is 1. The quantitative estimate of drug-likeness (QED) is 0.574. The third-order valence-corrected chi connectivity index (χ3v) is 6.69. The fraction of sp³-hybridized carbons (Fsp3) is 0.714. The van der Waals surface area contributed by atoms with E-state index in [0.717, 1.165) is 31.2 Å². The lowest BCUT2D eigenvalue weighted by Crippen LogP contribution is -2.69. The summed E-state index contributed by atoms with van der Waals surface area (Å²) in [7, 11) is 3.52. The van der Waals surface area contributed by atoms with Gasteiger partial charge in [0.2, 0.25) is 5.91 Å². The first-order valence-electron chi connectivity index (χ1n) is 10.5. The number of fused-ring (bicyclic) bond motifs is 2. The second-order valence-electron chi connectivity index (χ2n) is 8.52. The fourth-order valence-corrected chi connectivity index (χ4v) is 5.25. The van der Waals surface area contributed by atoms with E-state index >= 15 is 0 Å². The van der Waals surface area contributed by atoms with Crippen LogP contribution < -0.4 is 10.6 Å². The number of aliphatic imine (C=N–C) groups is 1. The lowest BCUT2D eigenvalue weighted by Gasteiger charge is -2.57. The summed E-state index contributed by atoms with van der Waals surface area (Å²) in [6, 6.07) is 4.25. The molecular formula is C21H32N4O3. The van der Waals surface area contributed by atoms with Gasteiger partial charge in [-0.15, -0.1) is 0 Å². The molecule has 0 bridgehead atoms. The van der Waals surface area contributed by atoms with Crippen LogP contribution in [-0.2, 0) is 16.0 Å². The summed E-state index contributed by atoms with van der Waals surface area (Å²) < 4.78 is 11.5. The number of nitrogens with one attached hydrogen (secondary N) is 2. The van der Waals surface area contributed by atoms with Crippen LogP contribution in [0.25, 0.3) is 0 Å². The number of likely N-dealkylation sites (N-methyl/N-ethyl adjacent to an activating group) is 1. The van der Waals surface area contributed by atoms with Gasteiger partial charge < -0.3 is 24.7 Å². The van der Waals surface area contributed by atoms with Crippen molar-refractivity contribution in [3.05, 3.63) is 24.2 Å². The molecular weight excluding hydrogens is 356 g/mol. The van der Waals surface area contributed by atoms with Gasteiger partial charge in [-0.1, -0.05) is 12.8 Å². The first-order valence-corrected chi connectivity index (χ1v) is 10.5. The summed E-state index contributed by atoms with van der Waals surface area (Å²) in [6.45, 7) is 1.72. The molecule has 7 nitrogen and oxygen atoms in total. The Morgan fingerprint density at radius 1 is 1.36 bits per heavy atom. The van der Waals surface area contributed by atoms with Gasteiger partial charge in [-0.3, -0.25) is 4.79 Å². The van der Waals surface area contributed by atoms with Crippen molar-refractivity contribution < 1.29 is 13.9 Å². The third-order valence-electron chi connectivity index (χ3n) is 6.69. The first kappa shape index (κ1) is 19.3. The molecule has 154 valence electrons. The summed E-state index contributed by atoms with van der Waals surface area (Å²) in [5.74, 6) is 2.22. The van der Waals surface area contributed by atoms with Gasteiger partial charge in [0, 0.05) is 51.0 Å². The monoisotopic (exact) mass is 388 g/mol. The Labute approximate surface area is 166 Å². The van der Waals surface area contributed by atoms with E-state index in [9.17, 15) is 4.79 Å². The maximum absolute atomic E-state index is 12.0. The lowest BCUT2D eigenvalue weighted by atomic mass is 9.54. The van der Waals surface area contributed by atoms with E-state index in [1.165, 1.54) is 25.7 Å². The normalized spacial score (nSPS) is 28.1. The van der Waals surface area contributed by atoms with Crippen molar-refractivity contribution in [1.82, 2.24) is 15.5 Å². The fourth-order valence-electron chi connectivity index (χ4n) is 5.25. The first-order chi connectivity index (χ1) is 13.6. The van der Waals surface area contributed by atoms with Crippen molar-refractivity contribution in [2.45, 2.75) is 50.7 Å². The number of nitrogens with zero attached hydrogens (tertiary/aromatic N) is 2. The van der Waals surface area contributed by atoms with Crippen LogP contribution in [0.1, 0.15) is 37.9 Å². The predicted octanol–water partition coefficient (Wildman–Crippen LogP) is 1.79. The Hall–Kier alpha value is -2.02. The van der Waals surface area contributed by atoms with E-state index in [-0.39, 0.29) is 17.9 Å². The molecule has 4 rings (SSSR count). The summed E-state index contributed by atoms with van der Waals surface area (Å²) in [6.07, 6.45) is 8.99. The van der Waals surface area contributed by atoms with Gasteiger partial charge in [-0.05, 0) is 31.4 Å². The molecule has 28 heavy (non-hydrogen) atoms. The standard InChI is InChI=1S/C21H32N4O3/c1-25(2)17(26)14-23-20(22-11-7-15-6-5-12-27-15)24-18-16-8-13-28-19(16)21(18)9-3-4-10-21/h5-6,12,16,18-19H,3-4,7-11,13-14H2,1-2H3,(H2,22,23,24). The van der Waals surface area contributed by atoms with Crippen LogP contribution in [0.4, 0.5) is 0 Å². The molecule has 2 heterocycles. The molecule has 3 aliphatic rings. The van der Waals surface area contributed by atoms with Crippen molar-refractivity contribution in [1.29, 1.82) is 0 Å². The zero-order valence-corrected chi connectivity index (χ0v) is 16.9. The van der Waals surface area contributed by atoms with Crippen LogP contribution in [0, 0.1) is 11.3 Å². The molecule has 1 aromatic heterocycles. The van der Waals surface area contributed by atoms with Gasteiger partial charge in [-0.25, -0.2) is 4.99 Å². The zero-order valence-electron chi connectivity index (χ0n) is 16.9. The molecule has 3 atom stereocenters. The average Bonchev–Trinajstić information content (AvgIpc) is 3.43.